The van der Waals surface area contributed by atoms with Crippen LogP contribution in [0, 0.1) is 12.7 Å². The normalized spacial score (nSPS) is 12.5. The zero-order valence-corrected chi connectivity index (χ0v) is 11.6. The van der Waals surface area contributed by atoms with Gasteiger partial charge in [0.15, 0.2) is 0 Å². The molecule has 2 aromatic rings. The lowest BCUT2D eigenvalue weighted by molar-refractivity contribution is 0.602. The molecule has 100 valence electrons. The van der Waals surface area contributed by atoms with Crippen molar-refractivity contribution in [3.8, 4) is 0 Å². The maximum absolute atomic E-state index is 13.3. The average Bonchev–Trinajstić information content (AvgIpc) is 2.37. The Morgan fingerprint density at radius 2 is 2.05 bits per heavy atom. The number of hydrogen-bond donors (Lipinski definition) is 2. The van der Waals surface area contributed by atoms with Crippen molar-refractivity contribution in [1.29, 1.82) is 0 Å². The molecular weight excluding hydrogens is 288 g/mol. The van der Waals surface area contributed by atoms with E-state index in [1.807, 2.05) is 0 Å². The van der Waals surface area contributed by atoms with Gasteiger partial charge in [-0.25, -0.2) is 9.82 Å². The highest BCUT2D eigenvalue weighted by molar-refractivity contribution is 6.34. The average molecular weight is 300 g/mol. The number of hydrogen-bond acceptors (Lipinski definition) is 3. The summed E-state index contributed by atoms with van der Waals surface area (Å²) >= 11 is 11.9. The molecule has 6 heteroatoms. The van der Waals surface area contributed by atoms with Gasteiger partial charge in [-0.05, 0) is 30.2 Å². The minimum absolute atomic E-state index is 0.269. The number of rotatable bonds is 3. The van der Waals surface area contributed by atoms with E-state index in [9.17, 15) is 4.39 Å². The van der Waals surface area contributed by atoms with E-state index in [0.29, 0.717) is 21.3 Å². The number of nitrogens with zero attached hydrogens (tertiary/aromatic N) is 1. The van der Waals surface area contributed by atoms with Gasteiger partial charge >= 0.3 is 0 Å². The predicted molar refractivity (Wildman–Crippen MR) is 74.6 cm³/mol. The van der Waals surface area contributed by atoms with Crippen molar-refractivity contribution in [2.45, 2.75) is 13.0 Å². The summed E-state index contributed by atoms with van der Waals surface area (Å²) in [7, 11) is 0. The highest BCUT2D eigenvalue weighted by Gasteiger charge is 2.18. The van der Waals surface area contributed by atoms with Crippen LogP contribution in [0.2, 0.25) is 10.0 Å². The van der Waals surface area contributed by atoms with Crippen molar-refractivity contribution >= 4 is 23.2 Å². The second-order valence-corrected chi connectivity index (χ2v) is 4.97. The summed E-state index contributed by atoms with van der Waals surface area (Å²) in [4.78, 5) is 4.18. The van der Waals surface area contributed by atoms with Crippen molar-refractivity contribution in [1.82, 2.24) is 10.4 Å². The third kappa shape index (κ3) is 3.04. The Morgan fingerprint density at radius 1 is 1.32 bits per heavy atom. The molecule has 1 aromatic heterocycles. The van der Waals surface area contributed by atoms with Crippen LogP contribution in [0.5, 0.6) is 0 Å². The van der Waals surface area contributed by atoms with Crippen LogP contribution in [0.25, 0.3) is 0 Å². The van der Waals surface area contributed by atoms with Gasteiger partial charge in [0.25, 0.3) is 0 Å². The topological polar surface area (TPSA) is 50.9 Å². The van der Waals surface area contributed by atoms with Crippen molar-refractivity contribution in [2.24, 2.45) is 5.84 Å². The SMILES string of the molecule is Cc1cc(C(NN)c2ncc(Cl)cc2Cl)ccc1F. The Morgan fingerprint density at radius 3 is 2.63 bits per heavy atom. The van der Waals surface area contributed by atoms with E-state index < -0.39 is 6.04 Å². The molecule has 0 amide bonds. The van der Waals surface area contributed by atoms with Crippen LogP contribution in [0.1, 0.15) is 22.9 Å². The lowest BCUT2D eigenvalue weighted by atomic mass is 10.0. The second-order valence-electron chi connectivity index (χ2n) is 4.13. The summed E-state index contributed by atoms with van der Waals surface area (Å²) in [5, 5.41) is 0.845. The number of pyridine rings is 1. The first-order valence-corrected chi connectivity index (χ1v) is 6.31. The summed E-state index contributed by atoms with van der Waals surface area (Å²) in [6.07, 6.45) is 1.49. The van der Waals surface area contributed by atoms with Gasteiger partial charge < -0.3 is 0 Å². The van der Waals surface area contributed by atoms with Gasteiger partial charge in [0, 0.05) is 6.20 Å². The third-order valence-electron chi connectivity index (χ3n) is 2.79. The molecule has 0 saturated heterocycles. The van der Waals surface area contributed by atoms with Gasteiger partial charge in [-0.15, -0.1) is 0 Å². The van der Waals surface area contributed by atoms with E-state index >= 15 is 0 Å². The first-order chi connectivity index (χ1) is 9.02. The number of nitrogens with two attached hydrogens (primary N) is 1. The fourth-order valence-corrected chi connectivity index (χ4v) is 2.31. The number of aromatic nitrogens is 1. The van der Waals surface area contributed by atoms with Gasteiger partial charge in [0.05, 0.1) is 21.8 Å². The van der Waals surface area contributed by atoms with Gasteiger partial charge in [0.1, 0.15) is 5.82 Å². The lowest BCUT2D eigenvalue weighted by Gasteiger charge is -2.17. The molecule has 0 fully saturated rings. The van der Waals surface area contributed by atoms with Crippen molar-refractivity contribution < 1.29 is 4.39 Å². The Balaban J connectivity index is 2.46. The number of hydrazine groups is 1. The number of aryl methyl sites for hydroxylation is 1. The maximum Gasteiger partial charge on any atom is 0.126 e. The van der Waals surface area contributed by atoms with E-state index in [2.05, 4.69) is 10.4 Å². The van der Waals surface area contributed by atoms with Crippen molar-refractivity contribution in [3.05, 3.63) is 63.1 Å². The lowest BCUT2D eigenvalue weighted by Crippen LogP contribution is -2.29. The van der Waals surface area contributed by atoms with Gasteiger partial charge in [0.2, 0.25) is 0 Å². The molecule has 19 heavy (non-hydrogen) atoms. The predicted octanol–water partition coefficient (Wildman–Crippen LogP) is 3.39. The molecule has 0 spiro atoms. The smallest absolute Gasteiger partial charge is 0.126 e. The molecule has 3 nitrogen and oxygen atoms in total. The van der Waals surface area contributed by atoms with Crippen molar-refractivity contribution in [3.63, 3.8) is 0 Å². The van der Waals surface area contributed by atoms with E-state index in [4.69, 9.17) is 29.0 Å². The molecule has 1 heterocycles. The highest BCUT2D eigenvalue weighted by atomic mass is 35.5. The van der Waals surface area contributed by atoms with Gasteiger partial charge in [-0.3, -0.25) is 10.8 Å². The molecule has 0 aliphatic heterocycles. The standard InChI is InChI=1S/C13H12Cl2FN3/c1-7-4-8(2-3-11(7)16)12(19-17)13-10(15)5-9(14)6-18-13/h2-6,12,19H,17H2,1H3. The Labute approximate surface area is 120 Å². The summed E-state index contributed by atoms with van der Waals surface area (Å²) in [6, 6.07) is 5.89. The molecule has 1 atom stereocenters. The quantitative estimate of drug-likeness (QED) is 0.675. The fourth-order valence-electron chi connectivity index (χ4n) is 1.82. The van der Waals surface area contributed by atoms with Crippen LogP contribution in [-0.4, -0.2) is 4.98 Å². The van der Waals surface area contributed by atoms with Gasteiger partial charge in [-0.1, -0.05) is 35.3 Å². The minimum atomic E-state index is -0.427. The van der Waals surface area contributed by atoms with Crippen LogP contribution >= 0.6 is 23.2 Å². The zero-order valence-electron chi connectivity index (χ0n) is 10.1. The molecule has 3 N–H and O–H groups in total. The molecule has 0 radical (unpaired) electrons. The first kappa shape index (κ1) is 14.2. The number of halogens is 3. The van der Waals surface area contributed by atoms with E-state index in [1.54, 1.807) is 25.1 Å². The number of benzene rings is 1. The largest absolute Gasteiger partial charge is 0.271 e. The van der Waals surface area contributed by atoms with Crippen LogP contribution in [0.4, 0.5) is 4.39 Å². The molecule has 0 saturated carbocycles. The van der Waals surface area contributed by atoms with Crippen LogP contribution in [-0.2, 0) is 0 Å². The highest BCUT2D eigenvalue weighted by Crippen LogP contribution is 2.28. The Hall–Kier alpha value is -1.20. The zero-order chi connectivity index (χ0) is 14.0. The van der Waals surface area contributed by atoms with Crippen molar-refractivity contribution in [2.75, 3.05) is 0 Å². The maximum atomic E-state index is 13.3. The van der Waals surface area contributed by atoms with E-state index in [-0.39, 0.29) is 5.82 Å². The molecule has 1 aromatic carbocycles. The van der Waals surface area contributed by atoms with E-state index in [1.165, 1.54) is 12.3 Å². The summed E-state index contributed by atoms with van der Waals surface area (Å²) in [5.41, 5.74) is 4.48. The summed E-state index contributed by atoms with van der Waals surface area (Å²) < 4.78 is 13.3. The first-order valence-electron chi connectivity index (χ1n) is 5.56. The Kier molecular flexibility index (Phi) is 4.37. The summed E-state index contributed by atoms with van der Waals surface area (Å²) in [5.74, 6) is 5.29. The third-order valence-corrected chi connectivity index (χ3v) is 3.30. The molecular formula is C13H12Cl2FN3. The minimum Gasteiger partial charge on any atom is -0.271 e. The monoisotopic (exact) mass is 299 g/mol. The molecule has 0 aliphatic carbocycles. The Bertz CT molecular complexity index is 604. The molecule has 1 unspecified atom stereocenters. The number of nitrogens with one attached hydrogen (secondary N) is 1. The second kappa shape index (κ2) is 5.84. The molecule has 0 aliphatic rings. The molecule has 2 rings (SSSR count). The fraction of sp³-hybridized carbons (Fsp3) is 0.154. The van der Waals surface area contributed by atoms with E-state index in [0.717, 1.165) is 5.56 Å². The van der Waals surface area contributed by atoms with Crippen LogP contribution < -0.4 is 11.3 Å². The van der Waals surface area contributed by atoms with Gasteiger partial charge in [-0.2, -0.15) is 0 Å². The molecule has 0 bridgehead atoms. The summed E-state index contributed by atoms with van der Waals surface area (Å²) in [6.45, 7) is 1.68. The van der Waals surface area contributed by atoms with Crippen LogP contribution in [0.3, 0.4) is 0 Å². The van der Waals surface area contributed by atoms with Crippen LogP contribution in [0.15, 0.2) is 30.5 Å².